The van der Waals surface area contributed by atoms with E-state index in [-0.39, 0.29) is 11.8 Å². The minimum atomic E-state index is -0.963. The molecule has 1 saturated carbocycles. The molecule has 0 bridgehead atoms. The van der Waals surface area contributed by atoms with Crippen LogP contribution in [0.15, 0.2) is 0 Å². The predicted octanol–water partition coefficient (Wildman–Crippen LogP) is 1.56. The first-order chi connectivity index (χ1) is 8.65. The highest BCUT2D eigenvalue weighted by molar-refractivity contribution is 5.84. The molecule has 0 aromatic carbocycles. The van der Waals surface area contributed by atoms with E-state index >= 15 is 0 Å². The third kappa shape index (κ3) is 5.04. The van der Waals surface area contributed by atoms with Gasteiger partial charge in [0.15, 0.2) is 0 Å². The summed E-state index contributed by atoms with van der Waals surface area (Å²) < 4.78 is 4.89. The zero-order valence-electron chi connectivity index (χ0n) is 11.0. The van der Waals surface area contributed by atoms with Gasteiger partial charge in [0, 0.05) is 19.6 Å². The fourth-order valence-corrected chi connectivity index (χ4v) is 2.34. The van der Waals surface area contributed by atoms with Crippen LogP contribution in [0.2, 0.25) is 0 Å². The van der Waals surface area contributed by atoms with E-state index in [1.165, 1.54) is 6.42 Å². The van der Waals surface area contributed by atoms with Crippen molar-refractivity contribution in [3.05, 3.63) is 0 Å². The van der Waals surface area contributed by atoms with Crippen LogP contribution in [0.25, 0.3) is 0 Å². The summed E-state index contributed by atoms with van der Waals surface area (Å²) in [5.41, 5.74) is 0. The summed E-state index contributed by atoms with van der Waals surface area (Å²) in [6, 6.07) is -0.783. The second kappa shape index (κ2) is 8.08. The number of rotatable bonds is 7. The van der Waals surface area contributed by atoms with Crippen LogP contribution in [0.5, 0.6) is 0 Å². The molecule has 18 heavy (non-hydrogen) atoms. The lowest BCUT2D eigenvalue weighted by Crippen LogP contribution is -2.44. The minimum absolute atomic E-state index is 0.00280. The maximum atomic E-state index is 11.9. The number of aliphatic carboxylic acids is 1. The van der Waals surface area contributed by atoms with Crippen molar-refractivity contribution in [2.45, 2.75) is 51.0 Å². The van der Waals surface area contributed by atoms with Crippen molar-refractivity contribution in [2.75, 3.05) is 13.7 Å². The summed E-state index contributed by atoms with van der Waals surface area (Å²) in [6.07, 6.45) is 6.14. The van der Waals surface area contributed by atoms with E-state index in [4.69, 9.17) is 9.84 Å². The van der Waals surface area contributed by atoms with Gasteiger partial charge in [0.1, 0.15) is 6.04 Å². The van der Waals surface area contributed by atoms with Gasteiger partial charge in [0.2, 0.25) is 5.91 Å². The van der Waals surface area contributed by atoms with Crippen LogP contribution in [0.3, 0.4) is 0 Å². The Hall–Kier alpha value is -1.10. The van der Waals surface area contributed by atoms with Gasteiger partial charge in [-0.1, -0.05) is 19.3 Å². The standard InChI is InChI=1S/C13H23NO4/c1-18-9-5-8-11(13(16)17)14-12(15)10-6-3-2-4-7-10/h10-11H,2-9H2,1H3,(H,14,15)(H,16,17). The number of hydrogen-bond acceptors (Lipinski definition) is 3. The predicted molar refractivity (Wildman–Crippen MR) is 67.3 cm³/mol. The monoisotopic (exact) mass is 257 g/mol. The Morgan fingerprint density at radius 2 is 2.00 bits per heavy atom. The lowest BCUT2D eigenvalue weighted by atomic mass is 9.88. The van der Waals surface area contributed by atoms with Gasteiger partial charge < -0.3 is 15.2 Å². The molecule has 1 unspecified atom stereocenters. The zero-order valence-corrected chi connectivity index (χ0v) is 11.0. The van der Waals surface area contributed by atoms with E-state index < -0.39 is 12.0 Å². The highest BCUT2D eigenvalue weighted by Gasteiger charge is 2.25. The number of methoxy groups -OCH3 is 1. The molecule has 0 saturated heterocycles. The lowest BCUT2D eigenvalue weighted by Gasteiger charge is -2.23. The number of carbonyl (C=O) groups excluding carboxylic acids is 1. The minimum Gasteiger partial charge on any atom is -0.480 e. The second-order valence-corrected chi connectivity index (χ2v) is 4.87. The first-order valence-electron chi connectivity index (χ1n) is 6.67. The number of ether oxygens (including phenoxy) is 1. The third-order valence-electron chi connectivity index (χ3n) is 3.43. The Bertz CT molecular complexity index is 274. The molecule has 0 spiro atoms. The molecule has 0 radical (unpaired) electrons. The molecule has 1 atom stereocenters. The first kappa shape index (κ1) is 15.0. The van der Waals surface area contributed by atoms with Crippen LogP contribution in [-0.2, 0) is 14.3 Å². The van der Waals surface area contributed by atoms with E-state index in [9.17, 15) is 9.59 Å². The molecule has 5 nitrogen and oxygen atoms in total. The summed E-state index contributed by atoms with van der Waals surface area (Å²) in [7, 11) is 1.58. The largest absolute Gasteiger partial charge is 0.480 e. The summed E-state index contributed by atoms with van der Waals surface area (Å²) in [6.45, 7) is 0.517. The molecule has 1 amide bonds. The zero-order chi connectivity index (χ0) is 13.4. The van der Waals surface area contributed by atoms with Gasteiger partial charge in [-0.25, -0.2) is 4.79 Å². The van der Waals surface area contributed by atoms with Crippen molar-refractivity contribution < 1.29 is 19.4 Å². The lowest BCUT2D eigenvalue weighted by molar-refractivity contribution is -0.143. The van der Waals surface area contributed by atoms with Crippen LogP contribution in [0, 0.1) is 5.92 Å². The van der Waals surface area contributed by atoms with Crippen LogP contribution in [0.1, 0.15) is 44.9 Å². The van der Waals surface area contributed by atoms with Gasteiger partial charge in [0.25, 0.3) is 0 Å². The van der Waals surface area contributed by atoms with Crippen LogP contribution in [-0.4, -0.2) is 36.7 Å². The number of nitrogens with one attached hydrogen (secondary N) is 1. The molecular formula is C13H23NO4. The number of hydrogen-bond donors (Lipinski definition) is 2. The summed E-state index contributed by atoms with van der Waals surface area (Å²) in [4.78, 5) is 23.0. The van der Waals surface area contributed by atoms with Gasteiger partial charge in [-0.3, -0.25) is 4.79 Å². The molecule has 1 aliphatic carbocycles. The average molecular weight is 257 g/mol. The molecule has 0 aromatic rings. The van der Waals surface area contributed by atoms with Crippen molar-refractivity contribution in [3.8, 4) is 0 Å². The summed E-state index contributed by atoms with van der Waals surface area (Å²) in [5, 5.41) is 11.7. The van der Waals surface area contributed by atoms with Crippen molar-refractivity contribution in [3.63, 3.8) is 0 Å². The van der Waals surface area contributed by atoms with Crippen molar-refractivity contribution >= 4 is 11.9 Å². The molecule has 0 heterocycles. The molecule has 0 aliphatic heterocycles. The van der Waals surface area contributed by atoms with Gasteiger partial charge in [-0.05, 0) is 25.7 Å². The van der Waals surface area contributed by atoms with Gasteiger partial charge >= 0.3 is 5.97 Å². The van der Waals surface area contributed by atoms with Crippen LogP contribution >= 0.6 is 0 Å². The molecule has 0 aromatic heterocycles. The fourth-order valence-electron chi connectivity index (χ4n) is 2.34. The van der Waals surface area contributed by atoms with Crippen molar-refractivity contribution in [1.82, 2.24) is 5.32 Å². The van der Waals surface area contributed by atoms with Crippen LogP contribution in [0.4, 0.5) is 0 Å². The highest BCUT2D eigenvalue weighted by Crippen LogP contribution is 2.23. The number of carboxylic acids is 1. The molecule has 104 valence electrons. The Labute approximate surface area is 108 Å². The normalized spacial score (nSPS) is 18.3. The Balaban J connectivity index is 2.38. The topological polar surface area (TPSA) is 75.6 Å². The maximum absolute atomic E-state index is 11.9. The Morgan fingerprint density at radius 3 is 2.56 bits per heavy atom. The van der Waals surface area contributed by atoms with Crippen molar-refractivity contribution in [2.24, 2.45) is 5.92 Å². The molecule has 5 heteroatoms. The van der Waals surface area contributed by atoms with Gasteiger partial charge in [-0.15, -0.1) is 0 Å². The fraction of sp³-hybridized carbons (Fsp3) is 0.846. The van der Waals surface area contributed by atoms with E-state index in [0.29, 0.717) is 19.4 Å². The molecule has 2 N–H and O–H groups in total. The third-order valence-corrected chi connectivity index (χ3v) is 3.43. The molecule has 1 rings (SSSR count). The smallest absolute Gasteiger partial charge is 0.326 e. The quantitative estimate of drug-likeness (QED) is 0.679. The van der Waals surface area contributed by atoms with Gasteiger partial charge in [0.05, 0.1) is 0 Å². The summed E-state index contributed by atoms with van der Waals surface area (Å²) in [5.74, 6) is -1.06. The van der Waals surface area contributed by atoms with Gasteiger partial charge in [-0.2, -0.15) is 0 Å². The van der Waals surface area contributed by atoms with Crippen molar-refractivity contribution in [1.29, 1.82) is 0 Å². The van der Waals surface area contributed by atoms with E-state index in [1.807, 2.05) is 0 Å². The van der Waals surface area contributed by atoms with E-state index in [1.54, 1.807) is 7.11 Å². The van der Waals surface area contributed by atoms with E-state index in [2.05, 4.69) is 5.32 Å². The number of amides is 1. The molecule has 1 fully saturated rings. The molecule has 1 aliphatic rings. The Kier molecular flexibility index (Phi) is 6.72. The van der Waals surface area contributed by atoms with Crippen LogP contribution < -0.4 is 5.32 Å². The number of carboxylic acid groups (broad SMARTS) is 1. The second-order valence-electron chi connectivity index (χ2n) is 4.87. The first-order valence-corrected chi connectivity index (χ1v) is 6.67. The van der Waals surface area contributed by atoms with E-state index in [0.717, 1.165) is 25.7 Å². The Morgan fingerprint density at radius 1 is 1.33 bits per heavy atom. The summed E-state index contributed by atoms with van der Waals surface area (Å²) >= 11 is 0. The SMILES string of the molecule is COCCCC(NC(=O)C1CCCCC1)C(=O)O. The molecular weight excluding hydrogens is 234 g/mol. The maximum Gasteiger partial charge on any atom is 0.326 e. The number of carbonyl (C=O) groups is 2. The highest BCUT2D eigenvalue weighted by atomic mass is 16.5. The average Bonchev–Trinajstić information content (AvgIpc) is 2.38.